The number of benzene rings is 2. The van der Waals surface area contributed by atoms with Gasteiger partial charge in [-0.2, -0.15) is 0 Å². The second-order valence-electron chi connectivity index (χ2n) is 4.71. The standard InChI is InChI=1S/C16H12Cl2N2O/c1-9-7-12-14(13(17)8-9)19-16(20-15(12)18)10-3-5-11(21-2)6-4-10/h3-8H,1-2H3. The molecule has 21 heavy (non-hydrogen) atoms. The van der Waals surface area contributed by atoms with E-state index < -0.39 is 0 Å². The van der Waals surface area contributed by atoms with Crippen LogP contribution in [-0.2, 0) is 0 Å². The summed E-state index contributed by atoms with van der Waals surface area (Å²) in [5.74, 6) is 1.32. The van der Waals surface area contributed by atoms with Crippen molar-refractivity contribution in [1.82, 2.24) is 9.97 Å². The van der Waals surface area contributed by atoms with E-state index >= 15 is 0 Å². The third-order valence-corrected chi connectivity index (χ3v) is 3.78. The Balaban J connectivity index is 2.19. The normalized spacial score (nSPS) is 10.9. The molecule has 106 valence electrons. The van der Waals surface area contributed by atoms with E-state index in [9.17, 15) is 0 Å². The van der Waals surface area contributed by atoms with Crippen molar-refractivity contribution in [3.8, 4) is 17.1 Å². The van der Waals surface area contributed by atoms with Crippen molar-refractivity contribution in [3.63, 3.8) is 0 Å². The molecule has 0 fully saturated rings. The van der Waals surface area contributed by atoms with Gasteiger partial charge in [-0.1, -0.05) is 23.2 Å². The maximum Gasteiger partial charge on any atom is 0.161 e. The molecule has 0 amide bonds. The van der Waals surface area contributed by atoms with Crippen LogP contribution in [0.15, 0.2) is 36.4 Å². The molecule has 0 bridgehead atoms. The van der Waals surface area contributed by atoms with Gasteiger partial charge in [0.2, 0.25) is 0 Å². The van der Waals surface area contributed by atoms with Gasteiger partial charge in [-0.3, -0.25) is 0 Å². The number of fused-ring (bicyclic) bond motifs is 1. The summed E-state index contributed by atoms with van der Waals surface area (Å²) in [6.07, 6.45) is 0. The van der Waals surface area contributed by atoms with Crippen molar-refractivity contribution in [1.29, 1.82) is 0 Å². The SMILES string of the molecule is COc1ccc(-c2nc(Cl)c3cc(C)cc(Cl)c3n2)cc1. The van der Waals surface area contributed by atoms with Gasteiger partial charge in [-0.15, -0.1) is 0 Å². The predicted molar refractivity (Wildman–Crippen MR) is 86.3 cm³/mol. The maximum absolute atomic E-state index is 6.28. The van der Waals surface area contributed by atoms with Crippen molar-refractivity contribution < 1.29 is 4.74 Å². The van der Waals surface area contributed by atoms with E-state index in [1.165, 1.54) is 0 Å². The van der Waals surface area contributed by atoms with Crippen LogP contribution in [0.2, 0.25) is 10.2 Å². The lowest BCUT2D eigenvalue weighted by atomic mass is 10.1. The quantitative estimate of drug-likeness (QED) is 0.629. The summed E-state index contributed by atoms with van der Waals surface area (Å²) in [4.78, 5) is 8.90. The summed E-state index contributed by atoms with van der Waals surface area (Å²) in [5.41, 5.74) is 2.54. The summed E-state index contributed by atoms with van der Waals surface area (Å²) in [6, 6.07) is 11.3. The van der Waals surface area contributed by atoms with Gasteiger partial charge >= 0.3 is 0 Å². The Morgan fingerprint density at radius 2 is 1.71 bits per heavy atom. The molecule has 0 N–H and O–H groups in total. The summed E-state index contributed by atoms with van der Waals surface area (Å²) in [7, 11) is 1.63. The molecular formula is C16H12Cl2N2O. The van der Waals surface area contributed by atoms with Crippen molar-refractivity contribution in [3.05, 3.63) is 52.1 Å². The van der Waals surface area contributed by atoms with Crippen LogP contribution in [0.4, 0.5) is 0 Å². The lowest BCUT2D eigenvalue weighted by Crippen LogP contribution is -1.93. The Labute approximate surface area is 132 Å². The number of rotatable bonds is 2. The third kappa shape index (κ3) is 2.67. The zero-order valence-electron chi connectivity index (χ0n) is 11.5. The van der Waals surface area contributed by atoms with Crippen molar-refractivity contribution in [2.45, 2.75) is 6.92 Å². The van der Waals surface area contributed by atoms with E-state index in [0.29, 0.717) is 21.5 Å². The van der Waals surface area contributed by atoms with Crippen molar-refractivity contribution >= 4 is 34.1 Å². The molecule has 1 aromatic heterocycles. The second kappa shape index (κ2) is 5.51. The molecule has 3 aromatic rings. The first kappa shape index (κ1) is 14.1. The van der Waals surface area contributed by atoms with Gasteiger partial charge < -0.3 is 4.74 Å². The first-order chi connectivity index (χ1) is 10.1. The number of nitrogens with zero attached hydrogens (tertiary/aromatic N) is 2. The van der Waals surface area contributed by atoms with E-state index in [4.69, 9.17) is 27.9 Å². The second-order valence-corrected chi connectivity index (χ2v) is 5.47. The molecule has 0 atom stereocenters. The van der Waals surface area contributed by atoms with Gasteiger partial charge in [0.15, 0.2) is 5.82 Å². The van der Waals surface area contributed by atoms with E-state index in [0.717, 1.165) is 22.3 Å². The largest absolute Gasteiger partial charge is 0.497 e. The summed E-state index contributed by atoms with van der Waals surface area (Å²) in [6.45, 7) is 1.96. The monoisotopic (exact) mass is 318 g/mol. The van der Waals surface area contributed by atoms with Gasteiger partial charge in [0.05, 0.1) is 17.6 Å². The van der Waals surface area contributed by atoms with E-state index in [1.807, 2.05) is 43.3 Å². The summed E-state index contributed by atoms with van der Waals surface area (Å²) in [5, 5.41) is 1.74. The first-order valence-corrected chi connectivity index (χ1v) is 7.12. The molecule has 5 heteroatoms. The zero-order chi connectivity index (χ0) is 15.0. The van der Waals surface area contributed by atoms with Gasteiger partial charge in [-0.05, 0) is 48.9 Å². The lowest BCUT2D eigenvalue weighted by molar-refractivity contribution is 0.415. The molecule has 0 saturated carbocycles. The number of ether oxygens (including phenoxy) is 1. The van der Waals surface area contributed by atoms with Gasteiger partial charge in [-0.25, -0.2) is 9.97 Å². The highest BCUT2D eigenvalue weighted by molar-refractivity contribution is 6.38. The molecular weight excluding hydrogens is 307 g/mol. The summed E-state index contributed by atoms with van der Waals surface area (Å²) < 4.78 is 5.14. The molecule has 0 aliphatic carbocycles. The Morgan fingerprint density at radius 3 is 2.38 bits per heavy atom. The Hall–Kier alpha value is -1.84. The van der Waals surface area contributed by atoms with Crippen LogP contribution in [-0.4, -0.2) is 17.1 Å². The topological polar surface area (TPSA) is 35.0 Å². The zero-order valence-corrected chi connectivity index (χ0v) is 13.0. The molecule has 0 unspecified atom stereocenters. The maximum atomic E-state index is 6.28. The molecule has 0 radical (unpaired) electrons. The Morgan fingerprint density at radius 1 is 1.00 bits per heavy atom. The van der Waals surface area contributed by atoms with Crippen LogP contribution in [0, 0.1) is 6.92 Å². The number of methoxy groups -OCH3 is 1. The van der Waals surface area contributed by atoms with E-state index in [-0.39, 0.29) is 0 Å². The van der Waals surface area contributed by atoms with Crippen LogP contribution in [0.1, 0.15) is 5.56 Å². The minimum absolute atomic E-state index is 0.399. The van der Waals surface area contributed by atoms with Gasteiger partial charge in [0.1, 0.15) is 10.9 Å². The number of aryl methyl sites for hydroxylation is 1. The lowest BCUT2D eigenvalue weighted by Gasteiger charge is -2.07. The van der Waals surface area contributed by atoms with Crippen molar-refractivity contribution in [2.75, 3.05) is 7.11 Å². The fourth-order valence-corrected chi connectivity index (χ4v) is 2.70. The van der Waals surface area contributed by atoms with Crippen LogP contribution in [0.5, 0.6) is 5.75 Å². The number of aromatic nitrogens is 2. The first-order valence-electron chi connectivity index (χ1n) is 6.36. The van der Waals surface area contributed by atoms with Crippen LogP contribution >= 0.6 is 23.2 Å². The fourth-order valence-electron chi connectivity index (χ4n) is 2.16. The van der Waals surface area contributed by atoms with Gasteiger partial charge in [0, 0.05) is 10.9 Å². The van der Waals surface area contributed by atoms with Gasteiger partial charge in [0.25, 0.3) is 0 Å². The highest BCUT2D eigenvalue weighted by Gasteiger charge is 2.11. The van der Waals surface area contributed by atoms with E-state index in [1.54, 1.807) is 7.11 Å². The summed E-state index contributed by atoms with van der Waals surface area (Å²) >= 11 is 12.6. The average molecular weight is 319 g/mol. The minimum Gasteiger partial charge on any atom is -0.497 e. The predicted octanol–water partition coefficient (Wildman–Crippen LogP) is 4.92. The van der Waals surface area contributed by atoms with Crippen LogP contribution in [0.3, 0.4) is 0 Å². The molecule has 0 aliphatic heterocycles. The number of hydrogen-bond donors (Lipinski definition) is 0. The highest BCUT2D eigenvalue weighted by atomic mass is 35.5. The number of hydrogen-bond acceptors (Lipinski definition) is 3. The highest BCUT2D eigenvalue weighted by Crippen LogP contribution is 2.30. The molecule has 3 rings (SSSR count). The smallest absolute Gasteiger partial charge is 0.161 e. The number of halogens is 2. The molecule has 2 aromatic carbocycles. The van der Waals surface area contributed by atoms with Crippen molar-refractivity contribution in [2.24, 2.45) is 0 Å². The van der Waals surface area contributed by atoms with Crippen LogP contribution < -0.4 is 4.74 Å². The molecule has 3 nitrogen and oxygen atoms in total. The van der Waals surface area contributed by atoms with Crippen LogP contribution in [0.25, 0.3) is 22.3 Å². The molecule has 1 heterocycles. The molecule has 0 spiro atoms. The minimum atomic E-state index is 0.399. The Kier molecular flexibility index (Phi) is 3.70. The fraction of sp³-hybridized carbons (Fsp3) is 0.125. The van der Waals surface area contributed by atoms with E-state index in [2.05, 4.69) is 9.97 Å². The third-order valence-electron chi connectivity index (χ3n) is 3.20. The molecule has 0 aliphatic rings. The Bertz CT molecular complexity index is 817. The average Bonchev–Trinajstić information content (AvgIpc) is 2.48. The molecule has 0 saturated heterocycles.